The van der Waals surface area contributed by atoms with E-state index in [9.17, 15) is 9.59 Å². The lowest BCUT2D eigenvalue weighted by atomic mass is 10.1. The van der Waals surface area contributed by atoms with Gasteiger partial charge in [0.2, 0.25) is 5.91 Å². The van der Waals surface area contributed by atoms with Crippen LogP contribution in [0.2, 0.25) is 0 Å². The summed E-state index contributed by atoms with van der Waals surface area (Å²) < 4.78 is 11.8. The second-order valence-electron chi connectivity index (χ2n) is 6.50. The molecule has 9 nitrogen and oxygen atoms in total. The maximum atomic E-state index is 12.5. The molecule has 1 amide bonds. The zero-order chi connectivity index (χ0) is 21.1. The molecule has 0 saturated heterocycles. The van der Waals surface area contributed by atoms with Crippen molar-refractivity contribution in [1.82, 2.24) is 20.0 Å². The maximum absolute atomic E-state index is 12.5. The van der Waals surface area contributed by atoms with E-state index in [0.29, 0.717) is 28.4 Å². The average molecular weight is 405 g/mol. The van der Waals surface area contributed by atoms with E-state index in [-0.39, 0.29) is 18.0 Å². The molecule has 152 valence electrons. The fourth-order valence-electron chi connectivity index (χ4n) is 3.07. The predicted molar refractivity (Wildman–Crippen MR) is 112 cm³/mol. The highest BCUT2D eigenvalue weighted by atomic mass is 16.5. The largest absolute Gasteiger partial charge is 0.497 e. The van der Waals surface area contributed by atoms with Crippen molar-refractivity contribution in [2.24, 2.45) is 0 Å². The number of fused-ring (bicyclic) bond motifs is 1. The average Bonchev–Trinajstić information content (AvgIpc) is 3.22. The molecule has 30 heavy (non-hydrogen) atoms. The Hall–Kier alpha value is -4.14. The second-order valence-corrected chi connectivity index (χ2v) is 6.50. The van der Waals surface area contributed by atoms with Gasteiger partial charge >= 0.3 is 0 Å². The fraction of sp³-hybridized carbons (Fsp3) is 0.143. The van der Waals surface area contributed by atoms with Crippen LogP contribution >= 0.6 is 0 Å². The van der Waals surface area contributed by atoms with E-state index in [4.69, 9.17) is 9.47 Å². The van der Waals surface area contributed by atoms with E-state index >= 15 is 0 Å². The van der Waals surface area contributed by atoms with Crippen molar-refractivity contribution in [2.75, 3.05) is 19.5 Å². The number of amides is 1. The number of aromatic nitrogens is 4. The van der Waals surface area contributed by atoms with E-state index in [1.54, 1.807) is 56.8 Å². The Morgan fingerprint density at radius 1 is 1.10 bits per heavy atom. The zero-order valence-electron chi connectivity index (χ0n) is 16.4. The Morgan fingerprint density at radius 3 is 2.77 bits per heavy atom. The minimum absolute atomic E-state index is 0.236. The van der Waals surface area contributed by atoms with Gasteiger partial charge in [0.15, 0.2) is 0 Å². The van der Waals surface area contributed by atoms with Gasteiger partial charge in [0.1, 0.15) is 18.0 Å². The number of nitrogens with zero attached hydrogens (tertiary/aromatic N) is 3. The number of hydrogen-bond acceptors (Lipinski definition) is 6. The van der Waals surface area contributed by atoms with Crippen LogP contribution in [-0.4, -0.2) is 40.1 Å². The molecule has 0 aliphatic carbocycles. The molecule has 0 fully saturated rings. The lowest BCUT2D eigenvalue weighted by Crippen LogP contribution is -2.29. The number of nitrogens with one attached hydrogen (secondary N) is 2. The number of aromatic amines is 1. The van der Waals surface area contributed by atoms with Gasteiger partial charge in [0.05, 0.1) is 31.6 Å². The molecule has 2 aromatic heterocycles. The highest BCUT2D eigenvalue weighted by Gasteiger charge is 2.13. The SMILES string of the molecule is COc1ccc(OC)c(-c2ccc(=O)n(CC(=O)Nc3ccc4cn[nH]c4c3)n2)c1. The predicted octanol–water partition coefficient (Wildman–Crippen LogP) is 2.44. The van der Waals surface area contributed by atoms with E-state index in [1.165, 1.54) is 6.07 Å². The summed E-state index contributed by atoms with van der Waals surface area (Å²) in [5, 5.41) is 14.8. The molecular formula is C21H19N5O4. The Kier molecular flexibility index (Phi) is 5.17. The minimum atomic E-state index is -0.389. The molecule has 0 aliphatic rings. The van der Waals surface area contributed by atoms with E-state index < -0.39 is 0 Å². The first-order chi connectivity index (χ1) is 14.6. The number of carbonyl (C=O) groups is 1. The molecular weight excluding hydrogens is 386 g/mol. The van der Waals surface area contributed by atoms with Crippen LogP contribution < -0.4 is 20.3 Å². The van der Waals surface area contributed by atoms with Crippen LogP contribution in [0.4, 0.5) is 5.69 Å². The highest BCUT2D eigenvalue weighted by molar-refractivity contribution is 5.93. The second kappa shape index (κ2) is 8.08. The molecule has 9 heteroatoms. The van der Waals surface area contributed by atoms with E-state index in [1.807, 2.05) is 6.07 Å². The summed E-state index contributed by atoms with van der Waals surface area (Å²) in [5.74, 6) is 0.821. The summed E-state index contributed by atoms with van der Waals surface area (Å²) in [6.45, 7) is -0.236. The number of anilines is 1. The number of ether oxygens (including phenoxy) is 2. The maximum Gasteiger partial charge on any atom is 0.267 e. The van der Waals surface area contributed by atoms with Crippen LogP contribution in [0.5, 0.6) is 11.5 Å². The Bertz CT molecular complexity index is 1280. The molecule has 4 rings (SSSR count). The summed E-state index contributed by atoms with van der Waals surface area (Å²) in [6, 6.07) is 13.6. The summed E-state index contributed by atoms with van der Waals surface area (Å²) in [4.78, 5) is 24.8. The Morgan fingerprint density at radius 2 is 1.97 bits per heavy atom. The lowest BCUT2D eigenvalue weighted by molar-refractivity contribution is -0.117. The third-order valence-corrected chi connectivity index (χ3v) is 4.57. The van der Waals surface area contributed by atoms with E-state index in [0.717, 1.165) is 15.6 Å². The molecule has 0 atom stereocenters. The van der Waals surface area contributed by atoms with Gasteiger partial charge in [-0.25, -0.2) is 4.68 Å². The molecule has 0 unspecified atom stereocenters. The zero-order valence-corrected chi connectivity index (χ0v) is 16.4. The van der Waals surface area contributed by atoms with Crippen molar-refractivity contribution < 1.29 is 14.3 Å². The first-order valence-corrected chi connectivity index (χ1v) is 9.11. The number of carbonyl (C=O) groups excluding carboxylic acids is 1. The first kappa shape index (κ1) is 19.2. The first-order valence-electron chi connectivity index (χ1n) is 9.11. The van der Waals surface area contributed by atoms with Gasteiger partial charge in [-0.15, -0.1) is 0 Å². The van der Waals surface area contributed by atoms with Crippen molar-refractivity contribution in [2.45, 2.75) is 6.54 Å². The van der Waals surface area contributed by atoms with E-state index in [2.05, 4.69) is 20.6 Å². The fourth-order valence-corrected chi connectivity index (χ4v) is 3.07. The quantitative estimate of drug-likeness (QED) is 0.510. The third kappa shape index (κ3) is 3.86. The summed E-state index contributed by atoms with van der Waals surface area (Å²) in [6.07, 6.45) is 1.70. The van der Waals surface area contributed by atoms with Crippen LogP contribution in [0.15, 0.2) is 59.5 Å². The Labute approximate surface area is 171 Å². The summed E-state index contributed by atoms with van der Waals surface area (Å²) >= 11 is 0. The van der Waals surface area contributed by atoms with Gasteiger partial charge in [-0.2, -0.15) is 10.2 Å². The van der Waals surface area contributed by atoms with Gasteiger partial charge in [0, 0.05) is 22.7 Å². The molecule has 2 heterocycles. The van der Waals surface area contributed by atoms with Gasteiger partial charge in [-0.05, 0) is 42.5 Å². The topological polar surface area (TPSA) is 111 Å². The number of hydrogen-bond donors (Lipinski definition) is 2. The van der Waals surface area contributed by atoms with Gasteiger partial charge in [0.25, 0.3) is 5.56 Å². The molecule has 0 bridgehead atoms. The van der Waals surface area contributed by atoms with Crippen molar-refractivity contribution >= 4 is 22.5 Å². The van der Waals surface area contributed by atoms with Crippen molar-refractivity contribution in [3.63, 3.8) is 0 Å². The summed E-state index contributed by atoms with van der Waals surface area (Å²) in [5.41, 5.74) is 2.14. The van der Waals surface area contributed by atoms with Crippen LogP contribution in [-0.2, 0) is 11.3 Å². The summed E-state index contributed by atoms with van der Waals surface area (Å²) in [7, 11) is 3.11. The molecule has 4 aromatic rings. The van der Waals surface area contributed by atoms with Crippen LogP contribution in [0, 0.1) is 0 Å². The highest BCUT2D eigenvalue weighted by Crippen LogP contribution is 2.31. The number of H-pyrrole nitrogens is 1. The standard InChI is InChI=1S/C21H19N5O4/c1-29-15-5-7-19(30-2)16(10-15)17-6-8-21(28)26(25-17)12-20(27)23-14-4-3-13-11-22-24-18(13)9-14/h3-11H,12H2,1-2H3,(H,22,24)(H,23,27). The number of methoxy groups -OCH3 is 2. The van der Waals surface area contributed by atoms with Crippen LogP contribution in [0.25, 0.3) is 22.2 Å². The third-order valence-electron chi connectivity index (χ3n) is 4.57. The van der Waals surface area contributed by atoms with Crippen molar-refractivity contribution in [1.29, 1.82) is 0 Å². The molecule has 0 spiro atoms. The lowest BCUT2D eigenvalue weighted by Gasteiger charge is -2.12. The molecule has 0 aliphatic heterocycles. The normalized spacial score (nSPS) is 10.7. The van der Waals surface area contributed by atoms with Crippen molar-refractivity contribution in [3.8, 4) is 22.8 Å². The van der Waals surface area contributed by atoms with Crippen molar-refractivity contribution in [3.05, 3.63) is 65.1 Å². The number of benzene rings is 2. The molecule has 2 aromatic carbocycles. The van der Waals surface area contributed by atoms with Gasteiger partial charge in [-0.3, -0.25) is 14.7 Å². The molecule has 0 saturated carbocycles. The smallest absolute Gasteiger partial charge is 0.267 e. The number of rotatable bonds is 6. The minimum Gasteiger partial charge on any atom is -0.497 e. The molecule has 2 N–H and O–H groups in total. The van der Waals surface area contributed by atoms with Crippen LogP contribution in [0.1, 0.15) is 0 Å². The van der Waals surface area contributed by atoms with Gasteiger partial charge < -0.3 is 14.8 Å². The van der Waals surface area contributed by atoms with Gasteiger partial charge in [-0.1, -0.05) is 0 Å². The van der Waals surface area contributed by atoms with Crippen LogP contribution in [0.3, 0.4) is 0 Å². The Balaban J connectivity index is 1.59. The monoisotopic (exact) mass is 405 g/mol. The molecule has 0 radical (unpaired) electrons.